The molecule has 1 aromatic carbocycles. The van der Waals surface area contributed by atoms with Crippen LogP contribution in [-0.2, 0) is 11.2 Å². The number of hydrogen-bond donors (Lipinski definition) is 2. The summed E-state index contributed by atoms with van der Waals surface area (Å²) in [6.45, 7) is 3.81. The van der Waals surface area contributed by atoms with Crippen molar-refractivity contribution in [2.45, 2.75) is 31.9 Å². The monoisotopic (exact) mass is 260 g/mol. The van der Waals surface area contributed by atoms with E-state index in [0.29, 0.717) is 17.0 Å². The van der Waals surface area contributed by atoms with E-state index >= 15 is 0 Å². The molecule has 5 heteroatoms. The number of benzene rings is 1. The molecule has 0 aliphatic heterocycles. The zero-order valence-electron chi connectivity index (χ0n) is 10.3. The molecule has 96 valence electrons. The Hall–Kier alpha value is -0.680. The minimum atomic E-state index is -0.468. The molecule has 0 fully saturated rings. The Morgan fingerprint density at radius 1 is 1.53 bits per heavy atom. The molecule has 0 heterocycles. The first kappa shape index (κ1) is 14.4. The molecule has 3 N–H and O–H groups in total. The summed E-state index contributed by atoms with van der Waals surface area (Å²) in [7, 11) is 1.61. The van der Waals surface area contributed by atoms with E-state index in [4.69, 9.17) is 22.2 Å². The van der Waals surface area contributed by atoms with E-state index in [-0.39, 0.29) is 11.9 Å². The standard InChI is InChI=1S/C12H18ClFN2O/c1-12(2,17-3)11(16-15)7-8-6-9(14)4-5-10(8)13/h4-6,11,16H,7,15H2,1-3H3. The van der Waals surface area contributed by atoms with E-state index < -0.39 is 5.60 Å². The molecule has 0 bridgehead atoms. The highest BCUT2D eigenvalue weighted by molar-refractivity contribution is 6.31. The largest absolute Gasteiger partial charge is 0.377 e. The number of hydrogen-bond acceptors (Lipinski definition) is 3. The Morgan fingerprint density at radius 2 is 2.18 bits per heavy atom. The van der Waals surface area contributed by atoms with Gasteiger partial charge in [0.15, 0.2) is 0 Å². The molecule has 1 unspecified atom stereocenters. The first-order valence-electron chi connectivity index (χ1n) is 5.36. The van der Waals surface area contributed by atoms with Gasteiger partial charge in [-0.25, -0.2) is 4.39 Å². The third kappa shape index (κ3) is 3.64. The fourth-order valence-electron chi connectivity index (χ4n) is 1.57. The maximum atomic E-state index is 13.1. The van der Waals surface area contributed by atoms with Crippen molar-refractivity contribution in [2.24, 2.45) is 5.84 Å². The number of nitrogens with two attached hydrogens (primary N) is 1. The van der Waals surface area contributed by atoms with Gasteiger partial charge >= 0.3 is 0 Å². The summed E-state index contributed by atoms with van der Waals surface area (Å²) in [6.07, 6.45) is 0.494. The molecule has 0 aliphatic rings. The Balaban J connectivity index is 2.91. The highest BCUT2D eigenvalue weighted by Gasteiger charge is 2.29. The lowest BCUT2D eigenvalue weighted by Gasteiger charge is -2.32. The smallest absolute Gasteiger partial charge is 0.123 e. The molecule has 0 amide bonds. The maximum absolute atomic E-state index is 13.1. The molecule has 1 aromatic rings. The molecule has 0 aromatic heterocycles. The predicted molar refractivity (Wildman–Crippen MR) is 67.3 cm³/mol. The average Bonchev–Trinajstić information content (AvgIpc) is 2.30. The quantitative estimate of drug-likeness (QED) is 0.631. The van der Waals surface area contributed by atoms with Crippen LogP contribution < -0.4 is 11.3 Å². The van der Waals surface area contributed by atoms with Crippen molar-refractivity contribution in [2.75, 3.05) is 7.11 Å². The summed E-state index contributed by atoms with van der Waals surface area (Å²) in [4.78, 5) is 0. The van der Waals surface area contributed by atoms with Crippen LogP contribution in [0.5, 0.6) is 0 Å². The minimum absolute atomic E-state index is 0.160. The topological polar surface area (TPSA) is 47.3 Å². The van der Waals surface area contributed by atoms with Crippen LogP contribution >= 0.6 is 11.6 Å². The fourth-order valence-corrected chi connectivity index (χ4v) is 1.76. The van der Waals surface area contributed by atoms with Crippen molar-refractivity contribution in [3.05, 3.63) is 34.6 Å². The number of rotatable bonds is 5. The molecule has 0 saturated carbocycles. The van der Waals surface area contributed by atoms with Gasteiger partial charge in [-0.05, 0) is 44.0 Å². The molecule has 0 saturated heterocycles. The molecular formula is C12H18ClFN2O. The highest BCUT2D eigenvalue weighted by atomic mass is 35.5. The summed E-state index contributed by atoms with van der Waals surface area (Å²) in [5.74, 6) is 5.19. The van der Waals surface area contributed by atoms with E-state index in [1.807, 2.05) is 13.8 Å². The number of methoxy groups -OCH3 is 1. The molecular weight excluding hydrogens is 243 g/mol. The summed E-state index contributed by atoms with van der Waals surface area (Å²) in [5.41, 5.74) is 2.92. The highest BCUT2D eigenvalue weighted by Crippen LogP contribution is 2.23. The van der Waals surface area contributed by atoms with Crippen LogP contribution in [0.2, 0.25) is 5.02 Å². The second-order valence-electron chi connectivity index (χ2n) is 4.47. The van der Waals surface area contributed by atoms with Crippen molar-refractivity contribution in [3.8, 4) is 0 Å². The number of ether oxygens (including phenoxy) is 1. The van der Waals surface area contributed by atoms with Gasteiger partial charge in [0.1, 0.15) is 5.82 Å². The van der Waals surface area contributed by atoms with Gasteiger partial charge in [0, 0.05) is 12.1 Å². The predicted octanol–water partition coefficient (Wildman–Crippen LogP) is 2.28. The average molecular weight is 261 g/mol. The third-order valence-corrected chi connectivity index (χ3v) is 3.37. The molecule has 0 aliphatic carbocycles. The van der Waals surface area contributed by atoms with Crippen molar-refractivity contribution in [3.63, 3.8) is 0 Å². The van der Waals surface area contributed by atoms with Gasteiger partial charge in [0.2, 0.25) is 0 Å². The Morgan fingerprint density at radius 3 is 2.71 bits per heavy atom. The lowest BCUT2D eigenvalue weighted by molar-refractivity contribution is -0.0101. The Kier molecular flexibility index (Phi) is 4.89. The number of hydrazine groups is 1. The van der Waals surface area contributed by atoms with Crippen molar-refractivity contribution < 1.29 is 9.13 Å². The molecule has 0 radical (unpaired) electrons. The van der Waals surface area contributed by atoms with Crippen LogP contribution in [0.25, 0.3) is 0 Å². The molecule has 3 nitrogen and oxygen atoms in total. The zero-order chi connectivity index (χ0) is 13.1. The van der Waals surface area contributed by atoms with Crippen LogP contribution in [0.1, 0.15) is 19.4 Å². The minimum Gasteiger partial charge on any atom is -0.377 e. The lowest BCUT2D eigenvalue weighted by Crippen LogP contribution is -2.52. The summed E-state index contributed by atoms with van der Waals surface area (Å²) < 4.78 is 18.5. The van der Waals surface area contributed by atoms with E-state index in [1.165, 1.54) is 12.1 Å². The number of halogens is 2. The first-order valence-corrected chi connectivity index (χ1v) is 5.73. The van der Waals surface area contributed by atoms with Gasteiger partial charge in [-0.1, -0.05) is 11.6 Å². The van der Waals surface area contributed by atoms with E-state index in [0.717, 1.165) is 0 Å². The van der Waals surface area contributed by atoms with Gasteiger partial charge in [-0.15, -0.1) is 0 Å². The normalized spacial score (nSPS) is 13.8. The first-order chi connectivity index (χ1) is 7.90. The molecule has 1 atom stereocenters. The van der Waals surface area contributed by atoms with Gasteiger partial charge in [-0.2, -0.15) is 0 Å². The third-order valence-electron chi connectivity index (χ3n) is 3.00. The fraction of sp³-hybridized carbons (Fsp3) is 0.500. The second-order valence-corrected chi connectivity index (χ2v) is 4.87. The van der Waals surface area contributed by atoms with Crippen LogP contribution in [0.15, 0.2) is 18.2 Å². The zero-order valence-corrected chi connectivity index (χ0v) is 11.0. The van der Waals surface area contributed by atoms with E-state index in [9.17, 15) is 4.39 Å². The van der Waals surface area contributed by atoms with E-state index in [1.54, 1.807) is 13.2 Å². The molecule has 17 heavy (non-hydrogen) atoms. The van der Waals surface area contributed by atoms with Crippen LogP contribution in [0, 0.1) is 5.82 Å². The van der Waals surface area contributed by atoms with Crippen LogP contribution in [0.4, 0.5) is 4.39 Å². The van der Waals surface area contributed by atoms with Gasteiger partial charge in [0.05, 0.1) is 11.6 Å². The second kappa shape index (κ2) is 5.78. The van der Waals surface area contributed by atoms with Crippen molar-refractivity contribution >= 4 is 11.6 Å². The van der Waals surface area contributed by atoms with E-state index in [2.05, 4.69) is 5.43 Å². The Bertz CT molecular complexity index is 385. The van der Waals surface area contributed by atoms with Gasteiger partial charge < -0.3 is 4.74 Å². The van der Waals surface area contributed by atoms with Crippen molar-refractivity contribution in [1.29, 1.82) is 0 Å². The molecule has 1 rings (SSSR count). The van der Waals surface area contributed by atoms with Gasteiger partial charge in [0.25, 0.3) is 0 Å². The Labute approximate surface area is 106 Å². The summed E-state index contributed by atoms with van der Waals surface area (Å²) >= 11 is 6.01. The van der Waals surface area contributed by atoms with Crippen LogP contribution in [0.3, 0.4) is 0 Å². The van der Waals surface area contributed by atoms with Gasteiger partial charge in [-0.3, -0.25) is 11.3 Å². The lowest BCUT2D eigenvalue weighted by atomic mass is 9.92. The SMILES string of the molecule is COC(C)(C)C(Cc1cc(F)ccc1Cl)NN. The van der Waals surface area contributed by atoms with Crippen molar-refractivity contribution in [1.82, 2.24) is 5.43 Å². The van der Waals surface area contributed by atoms with Crippen LogP contribution in [-0.4, -0.2) is 18.8 Å². The number of nitrogens with one attached hydrogen (secondary N) is 1. The molecule has 0 spiro atoms. The summed E-state index contributed by atoms with van der Waals surface area (Å²) in [6, 6.07) is 4.13. The maximum Gasteiger partial charge on any atom is 0.123 e. The summed E-state index contributed by atoms with van der Waals surface area (Å²) in [5, 5.41) is 0.526.